The van der Waals surface area contributed by atoms with E-state index in [1.807, 2.05) is 0 Å². The molecule has 0 aromatic heterocycles. The van der Waals surface area contributed by atoms with Gasteiger partial charge in [0.15, 0.2) is 0 Å². The van der Waals surface area contributed by atoms with Crippen LogP contribution >= 0.6 is 0 Å². The van der Waals surface area contributed by atoms with Gasteiger partial charge in [-0.15, -0.1) is 0 Å². The van der Waals surface area contributed by atoms with Gasteiger partial charge in [0.25, 0.3) is 0 Å². The van der Waals surface area contributed by atoms with Crippen LogP contribution in [0.2, 0.25) is 0 Å². The molecule has 0 aliphatic carbocycles. The van der Waals surface area contributed by atoms with E-state index in [0.717, 1.165) is 11.8 Å². The van der Waals surface area contributed by atoms with Gasteiger partial charge in [0, 0.05) is 12.3 Å². The third-order valence-corrected chi connectivity index (χ3v) is 3.96. The Kier molecular flexibility index (Phi) is 1.97. The third kappa shape index (κ3) is 1.89. The number of quaternary nitrogens is 2. The lowest BCUT2D eigenvalue weighted by molar-refractivity contribution is -0.903. The first-order chi connectivity index (χ1) is 5.88. The third-order valence-electron chi connectivity index (χ3n) is 3.96. The average Bonchev–Trinajstić information content (AvgIpc) is 2.20. The van der Waals surface area contributed by atoms with Crippen molar-refractivity contribution in [3.05, 3.63) is 0 Å². The molecule has 0 aromatic carbocycles. The van der Waals surface area contributed by atoms with Crippen LogP contribution in [0.5, 0.6) is 0 Å². The molecule has 0 unspecified atom stereocenters. The zero-order chi connectivity index (χ0) is 9.69. The van der Waals surface area contributed by atoms with E-state index in [1.165, 1.54) is 41.6 Å². The number of piperidine rings is 1. The Morgan fingerprint density at radius 1 is 0.769 bits per heavy atom. The van der Waals surface area contributed by atoms with Crippen molar-refractivity contribution in [2.45, 2.75) is 6.42 Å². The molecule has 2 aliphatic heterocycles. The molecule has 2 heteroatoms. The van der Waals surface area contributed by atoms with Gasteiger partial charge < -0.3 is 8.97 Å². The second-order valence-corrected chi connectivity index (χ2v) is 6.45. The number of rotatable bonds is 0. The van der Waals surface area contributed by atoms with Gasteiger partial charge in [-0.2, -0.15) is 0 Å². The summed E-state index contributed by atoms with van der Waals surface area (Å²) in [4.78, 5) is 0. The predicted molar refractivity (Wildman–Crippen MR) is 55.3 cm³/mol. The topological polar surface area (TPSA) is 0 Å². The highest BCUT2D eigenvalue weighted by Crippen LogP contribution is 2.34. The van der Waals surface area contributed by atoms with Crippen molar-refractivity contribution in [2.24, 2.45) is 11.8 Å². The first-order valence-electron chi connectivity index (χ1n) is 5.52. The van der Waals surface area contributed by atoms with Gasteiger partial charge in [-0.1, -0.05) is 0 Å². The maximum Gasteiger partial charge on any atom is 0.0870 e. The largest absolute Gasteiger partial charge is 0.328 e. The fourth-order valence-electron chi connectivity index (χ4n) is 3.42. The van der Waals surface area contributed by atoms with Gasteiger partial charge in [-0.3, -0.25) is 0 Å². The molecular weight excluding hydrogens is 160 g/mol. The lowest BCUT2D eigenvalue weighted by Crippen LogP contribution is -2.50. The first-order valence-corrected chi connectivity index (χ1v) is 5.52. The van der Waals surface area contributed by atoms with Crippen LogP contribution in [0.25, 0.3) is 0 Å². The molecular formula is C11H24N2+2. The molecule has 2 fully saturated rings. The Hall–Kier alpha value is -0.0800. The molecule has 0 bridgehead atoms. The number of hydrogen-bond donors (Lipinski definition) is 0. The van der Waals surface area contributed by atoms with Crippen LogP contribution in [0.4, 0.5) is 0 Å². The van der Waals surface area contributed by atoms with Gasteiger partial charge in [0.05, 0.1) is 60.3 Å². The summed E-state index contributed by atoms with van der Waals surface area (Å²) in [7, 11) is 9.54. The smallest absolute Gasteiger partial charge is 0.0870 e. The van der Waals surface area contributed by atoms with E-state index in [2.05, 4.69) is 28.2 Å². The fourth-order valence-corrected chi connectivity index (χ4v) is 3.42. The number of likely N-dealkylation sites (tertiary alicyclic amines) is 2. The van der Waals surface area contributed by atoms with E-state index in [-0.39, 0.29) is 0 Å². The minimum atomic E-state index is 0.999. The molecule has 0 N–H and O–H groups in total. The summed E-state index contributed by atoms with van der Waals surface area (Å²) in [5.41, 5.74) is 0. The lowest BCUT2D eigenvalue weighted by atomic mass is 9.88. The van der Waals surface area contributed by atoms with Crippen molar-refractivity contribution in [1.29, 1.82) is 0 Å². The van der Waals surface area contributed by atoms with E-state index < -0.39 is 0 Å². The quantitative estimate of drug-likeness (QED) is 0.488. The predicted octanol–water partition coefficient (Wildman–Crippen LogP) is 0.789. The molecule has 2 heterocycles. The molecule has 0 spiro atoms. The highest BCUT2D eigenvalue weighted by Gasteiger charge is 2.46. The normalized spacial score (nSPS) is 41.5. The Morgan fingerprint density at radius 2 is 1.31 bits per heavy atom. The van der Waals surface area contributed by atoms with Gasteiger partial charge in [0.1, 0.15) is 0 Å². The molecule has 2 rings (SSSR count). The lowest BCUT2D eigenvalue weighted by Gasteiger charge is -2.38. The second-order valence-electron chi connectivity index (χ2n) is 6.45. The Labute approximate surface area is 82.3 Å². The van der Waals surface area contributed by atoms with Crippen molar-refractivity contribution in [2.75, 3.05) is 54.4 Å². The molecule has 76 valence electrons. The van der Waals surface area contributed by atoms with Crippen LogP contribution in [-0.4, -0.2) is 63.3 Å². The SMILES string of the molecule is C[N+]1(C)CC[C@@H]2C[N+](C)(C)C[C@@H]2C1. The van der Waals surface area contributed by atoms with E-state index in [9.17, 15) is 0 Å². The van der Waals surface area contributed by atoms with Crippen LogP contribution in [0, 0.1) is 11.8 Å². The number of fused-ring (bicyclic) bond motifs is 1. The maximum atomic E-state index is 2.39. The van der Waals surface area contributed by atoms with Crippen molar-refractivity contribution >= 4 is 0 Å². The Bertz CT molecular complexity index is 206. The zero-order valence-corrected chi connectivity index (χ0v) is 9.58. The summed E-state index contributed by atoms with van der Waals surface area (Å²) in [6, 6.07) is 0. The average molecular weight is 184 g/mol. The number of nitrogens with zero attached hydrogens (tertiary/aromatic N) is 2. The van der Waals surface area contributed by atoms with E-state index >= 15 is 0 Å². The molecule has 0 saturated carbocycles. The van der Waals surface area contributed by atoms with Crippen molar-refractivity contribution in [3.8, 4) is 0 Å². The molecule has 0 radical (unpaired) electrons. The van der Waals surface area contributed by atoms with Gasteiger partial charge in [0.2, 0.25) is 0 Å². The molecule has 0 amide bonds. The Balaban J connectivity index is 2.06. The minimum absolute atomic E-state index is 0.999. The van der Waals surface area contributed by atoms with Crippen LogP contribution < -0.4 is 0 Å². The van der Waals surface area contributed by atoms with E-state index in [1.54, 1.807) is 0 Å². The van der Waals surface area contributed by atoms with E-state index in [4.69, 9.17) is 0 Å². The minimum Gasteiger partial charge on any atom is -0.328 e. The highest BCUT2D eigenvalue weighted by molar-refractivity contribution is 4.78. The molecule has 2 saturated heterocycles. The van der Waals surface area contributed by atoms with Crippen molar-refractivity contribution < 1.29 is 8.97 Å². The molecule has 2 nitrogen and oxygen atoms in total. The van der Waals surface area contributed by atoms with Crippen molar-refractivity contribution in [1.82, 2.24) is 0 Å². The van der Waals surface area contributed by atoms with Crippen LogP contribution in [0.3, 0.4) is 0 Å². The zero-order valence-electron chi connectivity index (χ0n) is 9.58. The second kappa shape index (κ2) is 2.71. The van der Waals surface area contributed by atoms with Crippen LogP contribution in [0.1, 0.15) is 6.42 Å². The summed E-state index contributed by atoms with van der Waals surface area (Å²) in [6.45, 7) is 5.63. The van der Waals surface area contributed by atoms with Gasteiger partial charge in [-0.25, -0.2) is 0 Å². The molecule has 2 atom stereocenters. The number of hydrogen-bond acceptors (Lipinski definition) is 0. The summed E-state index contributed by atoms with van der Waals surface area (Å²) in [5, 5.41) is 0. The standard InChI is InChI=1S/C11H24N2/c1-12(2)6-5-10-7-13(3,4)9-11(10)8-12/h10-11H,5-9H2,1-4H3/q+2/t10-,11+/m1/s1. The highest BCUT2D eigenvalue weighted by atomic mass is 15.4. The van der Waals surface area contributed by atoms with Crippen LogP contribution in [0.15, 0.2) is 0 Å². The Morgan fingerprint density at radius 3 is 2.00 bits per heavy atom. The van der Waals surface area contributed by atoms with Gasteiger partial charge in [-0.05, 0) is 0 Å². The van der Waals surface area contributed by atoms with E-state index in [0.29, 0.717) is 0 Å². The summed E-state index contributed by atoms with van der Waals surface area (Å²) in [5.74, 6) is 2.03. The van der Waals surface area contributed by atoms with Gasteiger partial charge >= 0.3 is 0 Å². The molecule has 2 aliphatic rings. The van der Waals surface area contributed by atoms with Crippen LogP contribution in [-0.2, 0) is 0 Å². The summed E-state index contributed by atoms with van der Waals surface area (Å²) < 4.78 is 2.51. The fraction of sp³-hybridized carbons (Fsp3) is 1.00. The monoisotopic (exact) mass is 184 g/mol. The molecule has 13 heavy (non-hydrogen) atoms. The molecule has 0 aromatic rings. The maximum absolute atomic E-state index is 2.39. The first kappa shape index (κ1) is 9.47. The summed E-state index contributed by atoms with van der Waals surface area (Å²) in [6.07, 6.45) is 1.46. The van der Waals surface area contributed by atoms with Crippen molar-refractivity contribution in [3.63, 3.8) is 0 Å². The summed E-state index contributed by atoms with van der Waals surface area (Å²) >= 11 is 0.